The molecule has 0 aliphatic rings. The molecule has 0 unspecified atom stereocenters. The van der Waals surface area contributed by atoms with Gasteiger partial charge in [-0.1, -0.05) is 42.5 Å². The minimum absolute atomic E-state index is 0.230. The number of amides is 1. The Bertz CT molecular complexity index is 1150. The number of nitrogens with one attached hydrogen (secondary N) is 2. The van der Waals surface area contributed by atoms with Crippen LogP contribution in [0.4, 0.5) is 0 Å². The van der Waals surface area contributed by atoms with Gasteiger partial charge in [-0.05, 0) is 17.7 Å². The van der Waals surface area contributed by atoms with Gasteiger partial charge < -0.3 is 10.3 Å². The van der Waals surface area contributed by atoms with E-state index in [0.29, 0.717) is 28.7 Å². The third kappa shape index (κ3) is 3.59. The molecule has 7 heteroatoms. The lowest BCUT2D eigenvalue weighted by molar-refractivity contribution is 0.0957. The Morgan fingerprint density at radius 1 is 1.11 bits per heavy atom. The van der Waals surface area contributed by atoms with Crippen LogP contribution in [0.1, 0.15) is 15.9 Å². The van der Waals surface area contributed by atoms with Crippen molar-refractivity contribution >= 4 is 34.2 Å². The van der Waals surface area contributed by atoms with E-state index in [1.807, 2.05) is 30.3 Å². The number of thioether (sulfide) groups is 1. The molecule has 0 atom stereocenters. The van der Waals surface area contributed by atoms with Gasteiger partial charge in [0.05, 0.1) is 17.1 Å². The van der Waals surface area contributed by atoms with Crippen LogP contribution in [-0.2, 0) is 5.75 Å². The summed E-state index contributed by atoms with van der Waals surface area (Å²) in [6.07, 6.45) is 1.49. The number of carbonyl (C=O) groups excluding carboxylic acids is 1. The molecular formula is C20H18N4O2S. The lowest BCUT2D eigenvalue weighted by atomic mass is 10.2. The molecule has 0 saturated heterocycles. The predicted octanol–water partition coefficient (Wildman–Crippen LogP) is 2.84. The smallest absolute Gasteiger partial charge is 0.259 e. The number of H-pyrrole nitrogens is 1. The van der Waals surface area contributed by atoms with Crippen molar-refractivity contribution in [3.05, 3.63) is 82.3 Å². The molecule has 2 heterocycles. The van der Waals surface area contributed by atoms with E-state index in [2.05, 4.69) is 27.5 Å². The summed E-state index contributed by atoms with van der Waals surface area (Å²) in [4.78, 5) is 27.5. The number of rotatable bonds is 6. The van der Waals surface area contributed by atoms with Crippen molar-refractivity contribution in [1.29, 1.82) is 0 Å². The first-order valence-electron chi connectivity index (χ1n) is 8.62. The summed E-state index contributed by atoms with van der Waals surface area (Å²) in [5, 5.41) is 7.71. The van der Waals surface area contributed by atoms with E-state index in [1.54, 1.807) is 28.4 Å². The summed E-state index contributed by atoms with van der Waals surface area (Å²) in [6.45, 7) is 0.547. The summed E-state index contributed by atoms with van der Waals surface area (Å²) in [5.41, 5.74) is 2.49. The van der Waals surface area contributed by atoms with Gasteiger partial charge in [0, 0.05) is 18.1 Å². The van der Waals surface area contributed by atoms with E-state index >= 15 is 0 Å². The topological polar surface area (TPSA) is 79.3 Å². The molecule has 2 aromatic carbocycles. The van der Waals surface area contributed by atoms with Crippen molar-refractivity contribution in [2.75, 3.05) is 12.3 Å². The van der Waals surface area contributed by atoms with Crippen molar-refractivity contribution in [1.82, 2.24) is 19.9 Å². The SMILES string of the molecule is O=C(NCCSCc1ccccc1)c1cnn2c1[nH]c(=O)c1ccccc12. The van der Waals surface area contributed by atoms with Crippen LogP contribution in [0.5, 0.6) is 0 Å². The van der Waals surface area contributed by atoms with Gasteiger partial charge in [-0.3, -0.25) is 9.59 Å². The van der Waals surface area contributed by atoms with Crippen LogP contribution in [0.15, 0.2) is 65.6 Å². The first-order chi connectivity index (χ1) is 13.2. The fourth-order valence-electron chi connectivity index (χ4n) is 2.94. The van der Waals surface area contributed by atoms with Crippen molar-refractivity contribution in [3.8, 4) is 0 Å². The zero-order chi connectivity index (χ0) is 18.6. The van der Waals surface area contributed by atoms with Crippen molar-refractivity contribution in [2.45, 2.75) is 5.75 Å². The highest BCUT2D eigenvalue weighted by atomic mass is 32.2. The molecule has 1 amide bonds. The summed E-state index contributed by atoms with van der Waals surface area (Å²) in [7, 11) is 0. The number of fused-ring (bicyclic) bond motifs is 3. The van der Waals surface area contributed by atoms with E-state index < -0.39 is 0 Å². The fraction of sp³-hybridized carbons (Fsp3) is 0.150. The van der Waals surface area contributed by atoms with Gasteiger partial charge in [0.2, 0.25) is 0 Å². The minimum atomic E-state index is -0.240. The molecule has 4 rings (SSSR count). The van der Waals surface area contributed by atoms with E-state index in [4.69, 9.17) is 0 Å². The average molecular weight is 378 g/mol. The van der Waals surface area contributed by atoms with Crippen molar-refractivity contribution in [2.24, 2.45) is 0 Å². The number of aromatic nitrogens is 3. The molecule has 0 fully saturated rings. The summed E-state index contributed by atoms with van der Waals surface area (Å²) in [6, 6.07) is 17.4. The van der Waals surface area contributed by atoms with Crippen LogP contribution in [0.3, 0.4) is 0 Å². The van der Waals surface area contributed by atoms with Gasteiger partial charge in [-0.15, -0.1) is 0 Å². The molecular weight excluding hydrogens is 360 g/mol. The Morgan fingerprint density at radius 2 is 1.89 bits per heavy atom. The lowest BCUT2D eigenvalue weighted by Crippen LogP contribution is -2.26. The Morgan fingerprint density at radius 3 is 2.74 bits per heavy atom. The number of benzene rings is 2. The average Bonchev–Trinajstić information content (AvgIpc) is 3.13. The number of hydrogen-bond acceptors (Lipinski definition) is 4. The molecule has 0 spiro atoms. The maximum absolute atomic E-state index is 12.5. The first-order valence-corrected chi connectivity index (χ1v) is 9.78. The number of carbonyl (C=O) groups is 1. The normalized spacial score (nSPS) is 11.1. The third-order valence-electron chi connectivity index (χ3n) is 4.27. The molecule has 2 aromatic heterocycles. The molecule has 2 N–H and O–H groups in total. The van der Waals surface area contributed by atoms with Crippen LogP contribution in [0.25, 0.3) is 16.6 Å². The number of hydrogen-bond donors (Lipinski definition) is 2. The summed E-state index contributed by atoms with van der Waals surface area (Å²) >= 11 is 1.76. The highest BCUT2D eigenvalue weighted by Crippen LogP contribution is 2.14. The van der Waals surface area contributed by atoms with Gasteiger partial charge in [0.15, 0.2) is 0 Å². The highest BCUT2D eigenvalue weighted by molar-refractivity contribution is 7.98. The molecule has 0 saturated carbocycles. The molecule has 0 aliphatic carbocycles. The second-order valence-corrected chi connectivity index (χ2v) is 7.19. The van der Waals surface area contributed by atoms with Crippen LogP contribution >= 0.6 is 11.8 Å². The zero-order valence-corrected chi connectivity index (χ0v) is 15.3. The quantitative estimate of drug-likeness (QED) is 0.506. The van der Waals surface area contributed by atoms with Crippen LogP contribution < -0.4 is 10.9 Å². The third-order valence-corrected chi connectivity index (χ3v) is 5.30. The van der Waals surface area contributed by atoms with Gasteiger partial charge in [-0.2, -0.15) is 16.9 Å². The van der Waals surface area contributed by atoms with Crippen LogP contribution in [0, 0.1) is 0 Å². The number of nitrogens with zero attached hydrogens (tertiary/aromatic N) is 2. The molecule has 6 nitrogen and oxygen atoms in total. The molecule has 4 aromatic rings. The Kier molecular flexibility index (Phi) is 4.93. The molecule has 0 aliphatic heterocycles. The van der Waals surface area contributed by atoms with Crippen molar-refractivity contribution in [3.63, 3.8) is 0 Å². The molecule has 0 radical (unpaired) electrons. The predicted molar refractivity (Wildman–Crippen MR) is 108 cm³/mol. The van der Waals surface area contributed by atoms with Gasteiger partial charge in [0.1, 0.15) is 11.2 Å². The Labute approximate surface area is 159 Å². The first kappa shape index (κ1) is 17.4. The maximum Gasteiger partial charge on any atom is 0.259 e. The Balaban J connectivity index is 1.43. The highest BCUT2D eigenvalue weighted by Gasteiger charge is 2.15. The van der Waals surface area contributed by atoms with Gasteiger partial charge >= 0.3 is 0 Å². The Hall–Kier alpha value is -3.06. The summed E-state index contributed by atoms with van der Waals surface area (Å²) < 4.78 is 1.59. The van der Waals surface area contributed by atoms with Crippen molar-refractivity contribution < 1.29 is 4.79 Å². The van der Waals surface area contributed by atoms with Crippen LogP contribution in [-0.4, -0.2) is 32.8 Å². The van der Waals surface area contributed by atoms with Crippen LogP contribution in [0.2, 0.25) is 0 Å². The second-order valence-electron chi connectivity index (χ2n) is 6.08. The second kappa shape index (κ2) is 7.67. The van der Waals surface area contributed by atoms with E-state index in [0.717, 1.165) is 11.5 Å². The number of para-hydroxylation sites is 1. The standard InChI is InChI=1S/C20H18N4O2S/c25-19(21-10-11-27-13-14-6-2-1-3-7-14)16-12-22-24-17-9-5-4-8-15(17)20(26)23-18(16)24/h1-9,12H,10-11,13H2,(H,21,25)(H,23,26). The maximum atomic E-state index is 12.5. The van der Waals surface area contributed by atoms with E-state index in [-0.39, 0.29) is 11.5 Å². The molecule has 27 heavy (non-hydrogen) atoms. The lowest BCUT2D eigenvalue weighted by Gasteiger charge is -2.05. The van der Waals surface area contributed by atoms with Gasteiger partial charge in [-0.25, -0.2) is 4.52 Å². The number of aromatic amines is 1. The monoisotopic (exact) mass is 378 g/mol. The minimum Gasteiger partial charge on any atom is -0.351 e. The zero-order valence-electron chi connectivity index (χ0n) is 14.5. The molecule has 0 bridgehead atoms. The fourth-order valence-corrected chi connectivity index (χ4v) is 3.76. The van der Waals surface area contributed by atoms with Gasteiger partial charge in [0.25, 0.3) is 11.5 Å². The molecule has 136 valence electrons. The largest absolute Gasteiger partial charge is 0.351 e. The summed E-state index contributed by atoms with van der Waals surface area (Å²) in [5.74, 6) is 1.47. The van der Waals surface area contributed by atoms with E-state index in [1.165, 1.54) is 11.8 Å². The van der Waals surface area contributed by atoms with E-state index in [9.17, 15) is 9.59 Å².